The Balaban J connectivity index is 2.72. The van der Waals surface area contributed by atoms with Crippen molar-refractivity contribution in [2.24, 2.45) is 16.5 Å². The highest BCUT2D eigenvalue weighted by atomic mass is 16.1. The third kappa shape index (κ3) is 3.81. The summed E-state index contributed by atoms with van der Waals surface area (Å²) < 4.78 is 0. The molecule has 0 radical (unpaired) electrons. The molecule has 1 aromatic rings. The standard InChI is InChI=1S/C11H15N3O/c1-2-10(15)7-8-3-5-9(6-4-8)14-11(12)13/h3-6H,2,7H2,1H3,(H4,12,13,14). The molecule has 4 N–H and O–H groups in total. The van der Waals surface area contributed by atoms with Gasteiger partial charge in [-0.25, -0.2) is 4.99 Å². The zero-order valence-electron chi connectivity index (χ0n) is 8.73. The number of aliphatic imine (C=N–C) groups is 1. The molecule has 0 aromatic heterocycles. The van der Waals surface area contributed by atoms with Crippen LogP contribution in [-0.2, 0) is 11.2 Å². The van der Waals surface area contributed by atoms with Crippen molar-refractivity contribution in [3.8, 4) is 0 Å². The van der Waals surface area contributed by atoms with Crippen molar-refractivity contribution in [1.82, 2.24) is 0 Å². The van der Waals surface area contributed by atoms with Crippen LogP contribution in [0.1, 0.15) is 18.9 Å². The number of guanidine groups is 1. The minimum absolute atomic E-state index is 0.0346. The van der Waals surface area contributed by atoms with Crippen LogP contribution in [0.5, 0.6) is 0 Å². The molecule has 0 atom stereocenters. The smallest absolute Gasteiger partial charge is 0.191 e. The highest BCUT2D eigenvalue weighted by Gasteiger charge is 2.00. The average Bonchev–Trinajstić information content (AvgIpc) is 2.20. The Morgan fingerprint density at radius 3 is 2.33 bits per heavy atom. The third-order valence-corrected chi connectivity index (χ3v) is 1.99. The molecule has 0 heterocycles. The van der Waals surface area contributed by atoms with E-state index in [9.17, 15) is 4.79 Å². The second-order valence-corrected chi connectivity index (χ2v) is 3.27. The van der Waals surface area contributed by atoms with Gasteiger partial charge in [-0.2, -0.15) is 0 Å². The monoisotopic (exact) mass is 205 g/mol. The first-order valence-electron chi connectivity index (χ1n) is 4.82. The van der Waals surface area contributed by atoms with Crippen molar-refractivity contribution in [2.75, 3.05) is 0 Å². The summed E-state index contributed by atoms with van der Waals surface area (Å²) in [5, 5.41) is 0. The SMILES string of the molecule is CCC(=O)Cc1ccc(N=C(N)N)cc1. The van der Waals surface area contributed by atoms with Gasteiger partial charge in [0.15, 0.2) is 5.96 Å². The van der Waals surface area contributed by atoms with Gasteiger partial charge in [0.05, 0.1) is 5.69 Å². The zero-order chi connectivity index (χ0) is 11.3. The lowest BCUT2D eigenvalue weighted by Gasteiger charge is -2.00. The van der Waals surface area contributed by atoms with Gasteiger partial charge in [-0.05, 0) is 17.7 Å². The van der Waals surface area contributed by atoms with E-state index >= 15 is 0 Å². The van der Waals surface area contributed by atoms with Crippen LogP contribution in [0.3, 0.4) is 0 Å². The third-order valence-electron chi connectivity index (χ3n) is 1.99. The summed E-state index contributed by atoms with van der Waals surface area (Å²) in [6, 6.07) is 7.29. The zero-order valence-corrected chi connectivity index (χ0v) is 8.73. The molecule has 0 bridgehead atoms. The van der Waals surface area contributed by atoms with Crippen LogP contribution in [0.2, 0.25) is 0 Å². The normalized spacial score (nSPS) is 9.67. The summed E-state index contributed by atoms with van der Waals surface area (Å²) in [6.07, 6.45) is 1.04. The van der Waals surface area contributed by atoms with E-state index in [0.29, 0.717) is 18.5 Å². The molecule has 4 nitrogen and oxygen atoms in total. The van der Waals surface area contributed by atoms with Gasteiger partial charge in [-0.3, -0.25) is 4.79 Å². The Labute approximate surface area is 89.0 Å². The van der Waals surface area contributed by atoms with E-state index in [-0.39, 0.29) is 11.7 Å². The molecule has 0 aliphatic heterocycles. The lowest BCUT2D eigenvalue weighted by atomic mass is 10.1. The first kappa shape index (κ1) is 11.2. The topological polar surface area (TPSA) is 81.5 Å². The molecule has 0 unspecified atom stereocenters. The fourth-order valence-electron chi connectivity index (χ4n) is 1.19. The van der Waals surface area contributed by atoms with Crippen LogP contribution in [0, 0.1) is 0 Å². The molecule has 4 heteroatoms. The van der Waals surface area contributed by atoms with Gasteiger partial charge in [0.2, 0.25) is 0 Å². The first-order chi connectivity index (χ1) is 7.11. The van der Waals surface area contributed by atoms with Gasteiger partial charge in [0, 0.05) is 12.8 Å². The summed E-state index contributed by atoms with van der Waals surface area (Å²) >= 11 is 0. The number of ketones is 1. The molecular weight excluding hydrogens is 190 g/mol. The van der Waals surface area contributed by atoms with E-state index in [1.807, 2.05) is 19.1 Å². The fourth-order valence-corrected chi connectivity index (χ4v) is 1.19. The van der Waals surface area contributed by atoms with Crippen LogP contribution in [0.15, 0.2) is 29.3 Å². The van der Waals surface area contributed by atoms with Crippen molar-refractivity contribution in [1.29, 1.82) is 0 Å². The number of rotatable bonds is 4. The molecule has 0 saturated carbocycles. The van der Waals surface area contributed by atoms with Gasteiger partial charge in [0.25, 0.3) is 0 Å². The van der Waals surface area contributed by atoms with Gasteiger partial charge < -0.3 is 11.5 Å². The number of hydrogen-bond donors (Lipinski definition) is 2. The Bertz CT molecular complexity index is 364. The van der Waals surface area contributed by atoms with Crippen LogP contribution in [-0.4, -0.2) is 11.7 Å². The Morgan fingerprint density at radius 1 is 1.27 bits per heavy atom. The Hall–Kier alpha value is -1.84. The molecule has 1 rings (SSSR count). The van der Waals surface area contributed by atoms with Gasteiger partial charge >= 0.3 is 0 Å². The van der Waals surface area contributed by atoms with Gasteiger partial charge in [0.1, 0.15) is 5.78 Å². The highest BCUT2D eigenvalue weighted by Crippen LogP contribution is 2.13. The van der Waals surface area contributed by atoms with E-state index in [1.54, 1.807) is 12.1 Å². The second-order valence-electron chi connectivity index (χ2n) is 3.27. The Kier molecular flexibility index (Phi) is 3.85. The molecule has 0 spiro atoms. The summed E-state index contributed by atoms with van der Waals surface area (Å²) in [5.74, 6) is 0.261. The number of nitrogens with zero attached hydrogens (tertiary/aromatic N) is 1. The summed E-state index contributed by atoms with van der Waals surface area (Å²) in [5.41, 5.74) is 12.2. The van der Waals surface area contributed by atoms with Crippen molar-refractivity contribution in [3.63, 3.8) is 0 Å². The minimum Gasteiger partial charge on any atom is -0.370 e. The number of Topliss-reactive ketones (excluding diaryl/α,β-unsaturated/α-hetero) is 1. The first-order valence-corrected chi connectivity index (χ1v) is 4.82. The highest BCUT2D eigenvalue weighted by molar-refractivity contribution is 5.81. The van der Waals surface area contributed by atoms with E-state index in [4.69, 9.17) is 11.5 Å². The van der Waals surface area contributed by atoms with Crippen molar-refractivity contribution < 1.29 is 4.79 Å². The molecule has 0 aliphatic carbocycles. The molecule has 0 aliphatic rings. The van der Waals surface area contributed by atoms with Crippen LogP contribution < -0.4 is 11.5 Å². The van der Waals surface area contributed by atoms with E-state index in [2.05, 4.69) is 4.99 Å². The fraction of sp³-hybridized carbons (Fsp3) is 0.273. The lowest BCUT2D eigenvalue weighted by molar-refractivity contribution is -0.118. The van der Waals surface area contributed by atoms with E-state index < -0.39 is 0 Å². The maximum Gasteiger partial charge on any atom is 0.191 e. The predicted molar refractivity (Wildman–Crippen MR) is 60.9 cm³/mol. The molecule has 0 amide bonds. The summed E-state index contributed by atoms with van der Waals surface area (Å²) in [6.45, 7) is 1.86. The molecule has 0 fully saturated rings. The second kappa shape index (κ2) is 5.14. The maximum atomic E-state index is 11.2. The van der Waals surface area contributed by atoms with Crippen molar-refractivity contribution in [2.45, 2.75) is 19.8 Å². The van der Waals surface area contributed by atoms with Crippen LogP contribution >= 0.6 is 0 Å². The lowest BCUT2D eigenvalue weighted by Crippen LogP contribution is -2.21. The Morgan fingerprint density at radius 2 is 1.87 bits per heavy atom. The summed E-state index contributed by atoms with van der Waals surface area (Å²) in [7, 11) is 0. The average molecular weight is 205 g/mol. The van der Waals surface area contributed by atoms with Gasteiger partial charge in [-0.1, -0.05) is 19.1 Å². The number of carbonyl (C=O) groups is 1. The molecular formula is C11H15N3O. The number of nitrogens with two attached hydrogens (primary N) is 2. The molecule has 80 valence electrons. The molecule has 15 heavy (non-hydrogen) atoms. The number of hydrogen-bond acceptors (Lipinski definition) is 2. The van der Waals surface area contributed by atoms with Crippen LogP contribution in [0.4, 0.5) is 5.69 Å². The summed E-state index contributed by atoms with van der Waals surface area (Å²) in [4.78, 5) is 15.1. The quantitative estimate of drug-likeness (QED) is 0.570. The van der Waals surface area contributed by atoms with E-state index in [1.165, 1.54) is 0 Å². The van der Waals surface area contributed by atoms with Gasteiger partial charge in [-0.15, -0.1) is 0 Å². The van der Waals surface area contributed by atoms with Crippen LogP contribution in [0.25, 0.3) is 0 Å². The number of benzene rings is 1. The van der Waals surface area contributed by atoms with Crippen molar-refractivity contribution >= 4 is 17.4 Å². The minimum atomic E-state index is 0.0346. The number of carbonyl (C=O) groups excluding carboxylic acids is 1. The molecule has 0 saturated heterocycles. The van der Waals surface area contributed by atoms with Crippen molar-refractivity contribution in [3.05, 3.63) is 29.8 Å². The largest absolute Gasteiger partial charge is 0.370 e. The predicted octanol–water partition coefficient (Wildman–Crippen LogP) is 1.11. The van der Waals surface area contributed by atoms with E-state index in [0.717, 1.165) is 5.56 Å². The maximum absolute atomic E-state index is 11.2. The molecule has 1 aromatic carbocycles.